The monoisotopic (exact) mass is 412 g/mol. The average Bonchev–Trinajstić information content (AvgIpc) is 3.12. The lowest BCUT2D eigenvalue weighted by Gasteiger charge is -2.12. The predicted octanol–water partition coefficient (Wildman–Crippen LogP) is 4.70. The fourth-order valence-corrected chi connectivity index (χ4v) is 3.16. The molecule has 0 saturated carbocycles. The summed E-state index contributed by atoms with van der Waals surface area (Å²) in [6, 6.07) is 10.8. The van der Waals surface area contributed by atoms with E-state index in [0.717, 1.165) is 16.8 Å². The van der Waals surface area contributed by atoms with Crippen molar-refractivity contribution < 1.29 is 14.4 Å². The number of benzene rings is 2. The van der Waals surface area contributed by atoms with Crippen molar-refractivity contribution in [3.63, 3.8) is 0 Å². The number of anilines is 1. The maximum Gasteiger partial charge on any atom is 0.315 e. The number of nitrogens with zero attached hydrogens (tertiary/aromatic N) is 3. The van der Waals surface area contributed by atoms with Gasteiger partial charge in [-0.15, -0.1) is 11.3 Å². The molecule has 0 spiro atoms. The summed E-state index contributed by atoms with van der Waals surface area (Å²) >= 11 is 1.42. The van der Waals surface area contributed by atoms with Gasteiger partial charge in [-0.25, -0.2) is 4.98 Å². The van der Waals surface area contributed by atoms with Gasteiger partial charge in [0.2, 0.25) is 10.9 Å². The van der Waals surface area contributed by atoms with E-state index in [1.54, 1.807) is 6.07 Å². The normalized spacial score (nSPS) is 10.9. The van der Waals surface area contributed by atoms with Gasteiger partial charge in [-0.05, 0) is 25.5 Å². The molecule has 2 aromatic carbocycles. The molecule has 0 fully saturated rings. The van der Waals surface area contributed by atoms with Gasteiger partial charge in [-0.2, -0.15) is 5.10 Å². The Balaban J connectivity index is 1.82. The van der Waals surface area contributed by atoms with E-state index in [1.165, 1.54) is 30.7 Å². The van der Waals surface area contributed by atoms with E-state index in [-0.39, 0.29) is 23.8 Å². The van der Waals surface area contributed by atoms with Crippen LogP contribution in [0, 0.1) is 24.0 Å². The van der Waals surface area contributed by atoms with Crippen molar-refractivity contribution in [1.29, 1.82) is 0 Å². The molecule has 0 bridgehead atoms. The van der Waals surface area contributed by atoms with E-state index >= 15 is 0 Å². The molecule has 1 heterocycles. The molecular weight excluding hydrogens is 392 g/mol. The molecule has 3 rings (SSSR count). The number of ether oxygens (including phenoxy) is 2. The van der Waals surface area contributed by atoms with Crippen LogP contribution in [0.1, 0.15) is 22.4 Å². The van der Waals surface area contributed by atoms with Gasteiger partial charge in [0.25, 0.3) is 0 Å². The Morgan fingerprint density at radius 3 is 2.66 bits per heavy atom. The van der Waals surface area contributed by atoms with Crippen LogP contribution < -0.4 is 14.9 Å². The second-order valence-corrected chi connectivity index (χ2v) is 7.12. The first kappa shape index (κ1) is 20.3. The number of aromatic nitrogens is 1. The molecule has 0 saturated heterocycles. The maximum atomic E-state index is 11.6. The Labute approximate surface area is 172 Å². The molecule has 1 N–H and O–H groups in total. The van der Waals surface area contributed by atoms with Crippen LogP contribution in [0.4, 0.5) is 10.8 Å². The van der Waals surface area contributed by atoms with Crippen molar-refractivity contribution in [3.8, 4) is 11.5 Å². The minimum Gasteiger partial charge on any atom is -0.493 e. The van der Waals surface area contributed by atoms with Crippen molar-refractivity contribution in [2.45, 2.75) is 20.5 Å². The van der Waals surface area contributed by atoms with E-state index in [9.17, 15) is 10.1 Å². The average molecular weight is 412 g/mol. The summed E-state index contributed by atoms with van der Waals surface area (Å²) in [5, 5.41) is 18.2. The van der Waals surface area contributed by atoms with Crippen molar-refractivity contribution in [2.24, 2.45) is 5.10 Å². The van der Waals surface area contributed by atoms with Crippen LogP contribution in [-0.4, -0.2) is 23.2 Å². The van der Waals surface area contributed by atoms with Gasteiger partial charge in [0.05, 0.1) is 23.9 Å². The van der Waals surface area contributed by atoms with Gasteiger partial charge in [0.15, 0.2) is 5.75 Å². The number of aryl methyl sites for hydroxylation is 2. The summed E-state index contributed by atoms with van der Waals surface area (Å²) in [6.07, 6.45) is 1.47. The van der Waals surface area contributed by atoms with Crippen LogP contribution in [0.5, 0.6) is 11.5 Å². The van der Waals surface area contributed by atoms with Gasteiger partial charge in [0, 0.05) is 17.0 Å². The molecule has 150 valence electrons. The molecule has 0 aliphatic heterocycles. The molecule has 1 aromatic heterocycles. The zero-order valence-electron chi connectivity index (χ0n) is 16.2. The SMILES string of the molecule is COc1cc(/C=N\Nc2nc(C)cs2)cc([N+](=O)[O-])c1OCc1ccc(C)cc1. The number of nitrogens with one attached hydrogen (secondary N) is 1. The Morgan fingerprint density at radius 1 is 1.28 bits per heavy atom. The Hall–Kier alpha value is -3.46. The molecule has 0 atom stereocenters. The highest BCUT2D eigenvalue weighted by atomic mass is 32.1. The van der Waals surface area contributed by atoms with E-state index in [4.69, 9.17) is 9.47 Å². The molecule has 0 aliphatic rings. The third-order valence-electron chi connectivity index (χ3n) is 3.97. The first-order chi connectivity index (χ1) is 14.0. The minimum atomic E-state index is -0.498. The molecule has 0 amide bonds. The lowest BCUT2D eigenvalue weighted by atomic mass is 10.1. The van der Waals surface area contributed by atoms with Crippen molar-refractivity contribution in [3.05, 3.63) is 74.3 Å². The number of hydrogen-bond acceptors (Lipinski definition) is 8. The molecule has 9 heteroatoms. The highest BCUT2D eigenvalue weighted by molar-refractivity contribution is 7.13. The number of methoxy groups -OCH3 is 1. The number of hydrazone groups is 1. The number of nitro benzene ring substituents is 1. The van der Waals surface area contributed by atoms with Gasteiger partial charge < -0.3 is 9.47 Å². The highest BCUT2D eigenvalue weighted by Crippen LogP contribution is 2.38. The van der Waals surface area contributed by atoms with Crippen molar-refractivity contribution >= 4 is 28.4 Å². The van der Waals surface area contributed by atoms with Gasteiger partial charge in [-0.3, -0.25) is 15.5 Å². The quantitative estimate of drug-likeness (QED) is 0.327. The number of rotatable bonds is 8. The molecule has 3 aromatic rings. The minimum absolute atomic E-state index is 0.0822. The van der Waals surface area contributed by atoms with Crippen LogP contribution in [0.25, 0.3) is 0 Å². The van der Waals surface area contributed by atoms with Crippen LogP contribution in [0.2, 0.25) is 0 Å². The van der Waals surface area contributed by atoms with E-state index in [0.29, 0.717) is 10.7 Å². The highest BCUT2D eigenvalue weighted by Gasteiger charge is 2.22. The van der Waals surface area contributed by atoms with Gasteiger partial charge >= 0.3 is 5.69 Å². The molecule has 8 nitrogen and oxygen atoms in total. The molecule has 29 heavy (non-hydrogen) atoms. The lowest BCUT2D eigenvalue weighted by molar-refractivity contribution is -0.386. The number of thiazole rings is 1. The fraction of sp³-hybridized carbons (Fsp3) is 0.200. The van der Waals surface area contributed by atoms with E-state index in [1.807, 2.05) is 43.5 Å². The van der Waals surface area contributed by atoms with Gasteiger partial charge in [0.1, 0.15) is 6.61 Å². The lowest BCUT2D eigenvalue weighted by Crippen LogP contribution is -2.03. The second kappa shape index (κ2) is 9.16. The zero-order chi connectivity index (χ0) is 20.8. The maximum absolute atomic E-state index is 11.6. The topological polar surface area (TPSA) is 98.9 Å². The molecule has 0 unspecified atom stereocenters. The number of nitro groups is 1. The Kier molecular flexibility index (Phi) is 6.40. The summed E-state index contributed by atoms with van der Waals surface area (Å²) in [6.45, 7) is 4.06. The van der Waals surface area contributed by atoms with Crippen LogP contribution in [-0.2, 0) is 6.61 Å². The predicted molar refractivity (Wildman–Crippen MR) is 113 cm³/mol. The first-order valence-electron chi connectivity index (χ1n) is 8.72. The second-order valence-electron chi connectivity index (χ2n) is 6.27. The Bertz CT molecular complexity index is 1030. The van der Waals surface area contributed by atoms with Crippen molar-refractivity contribution in [2.75, 3.05) is 12.5 Å². The summed E-state index contributed by atoms with van der Waals surface area (Å²) in [4.78, 5) is 15.3. The summed E-state index contributed by atoms with van der Waals surface area (Å²) in [7, 11) is 1.44. The Morgan fingerprint density at radius 2 is 2.03 bits per heavy atom. The zero-order valence-corrected chi connectivity index (χ0v) is 17.0. The largest absolute Gasteiger partial charge is 0.493 e. The van der Waals surface area contributed by atoms with Crippen molar-refractivity contribution in [1.82, 2.24) is 4.98 Å². The fourth-order valence-electron chi connectivity index (χ4n) is 2.52. The summed E-state index contributed by atoms with van der Waals surface area (Å²) in [5.41, 5.74) is 6.03. The molecule has 0 radical (unpaired) electrons. The van der Waals surface area contributed by atoms with E-state index in [2.05, 4.69) is 15.5 Å². The third-order valence-corrected chi connectivity index (χ3v) is 4.84. The molecule has 0 aliphatic carbocycles. The standard InChI is InChI=1S/C20H20N4O4S/c1-13-4-6-15(7-5-13)11-28-19-17(24(25)26)8-16(9-18(19)27-3)10-21-23-20-22-14(2)12-29-20/h4-10,12H,11H2,1-3H3,(H,22,23)/b21-10-. The van der Waals surface area contributed by atoms with Crippen LogP contribution in [0.15, 0.2) is 46.9 Å². The first-order valence-corrected chi connectivity index (χ1v) is 9.60. The smallest absolute Gasteiger partial charge is 0.315 e. The summed E-state index contributed by atoms with van der Waals surface area (Å²) in [5.74, 6) is 0.344. The van der Waals surface area contributed by atoms with E-state index < -0.39 is 4.92 Å². The van der Waals surface area contributed by atoms with Gasteiger partial charge in [-0.1, -0.05) is 29.8 Å². The number of hydrogen-bond donors (Lipinski definition) is 1. The van der Waals surface area contributed by atoms with Crippen LogP contribution >= 0.6 is 11.3 Å². The molecular formula is C20H20N4O4S. The summed E-state index contributed by atoms with van der Waals surface area (Å²) < 4.78 is 11.1. The third kappa shape index (κ3) is 5.29. The van der Waals surface area contributed by atoms with Crippen LogP contribution in [0.3, 0.4) is 0 Å².